The molecule has 0 radical (unpaired) electrons. The molecule has 0 unspecified atom stereocenters. The monoisotopic (exact) mass is 306 g/mol. The number of nitrogens with zero attached hydrogens (tertiary/aromatic N) is 2. The maximum atomic E-state index is 12.1. The lowest BCUT2D eigenvalue weighted by atomic mass is 9.73. The fourth-order valence-corrected chi connectivity index (χ4v) is 2.69. The summed E-state index contributed by atoms with van der Waals surface area (Å²) in [5.41, 5.74) is -0.774. The topological polar surface area (TPSA) is 79.7 Å². The molecular weight excluding hydrogens is 284 g/mol. The summed E-state index contributed by atoms with van der Waals surface area (Å²) in [5, 5.41) is 9.70. The van der Waals surface area contributed by atoms with Gasteiger partial charge in [0.1, 0.15) is 5.60 Å². The third-order valence-electron chi connectivity index (χ3n) is 3.91. The summed E-state index contributed by atoms with van der Waals surface area (Å²) >= 11 is 0. The number of aromatic nitrogens is 1. The van der Waals surface area contributed by atoms with Crippen LogP contribution in [0.5, 0.6) is 0 Å². The summed E-state index contributed by atoms with van der Waals surface area (Å²) in [6.45, 7) is 6.17. The Hall–Kier alpha value is -2.11. The van der Waals surface area contributed by atoms with Gasteiger partial charge in [-0.25, -0.2) is 4.79 Å². The van der Waals surface area contributed by atoms with Crippen LogP contribution in [-0.4, -0.2) is 45.7 Å². The van der Waals surface area contributed by atoms with E-state index in [-0.39, 0.29) is 6.09 Å². The predicted octanol–water partition coefficient (Wildman–Crippen LogP) is 2.43. The van der Waals surface area contributed by atoms with E-state index in [2.05, 4.69) is 4.98 Å². The van der Waals surface area contributed by atoms with Crippen molar-refractivity contribution < 1.29 is 19.4 Å². The molecular formula is C16H22N2O4. The number of hydrogen-bond acceptors (Lipinski definition) is 4. The molecule has 1 amide bonds. The lowest BCUT2D eigenvalue weighted by molar-refractivity contribution is -0.146. The smallest absolute Gasteiger partial charge is 0.410 e. The number of amides is 1. The van der Waals surface area contributed by atoms with Gasteiger partial charge in [0, 0.05) is 25.5 Å². The van der Waals surface area contributed by atoms with Crippen molar-refractivity contribution in [3.63, 3.8) is 0 Å². The highest BCUT2D eigenvalue weighted by molar-refractivity contribution is 5.82. The molecule has 0 aliphatic carbocycles. The van der Waals surface area contributed by atoms with Crippen molar-refractivity contribution in [2.75, 3.05) is 13.1 Å². The Morgan fingerprint density at radius 2 is 1.77 bits per heavy atom. The van der Waals surface area contributed by atoms with Crippen molar-refractivity contribution in [2.45, 2.75) is 44.6 Å². The number of piperidine rings is 1. The van der Waals surface area contributed by atoms with Gasteiger partial charge in [-0.2, -0.15) is 0 Å². The van der Waals surface area contributed by atoms with Gasteiger partial charge in [0.15, 0.2) is 0 Å². The number of aliphatic carboxylic acids is 1. The SMILES string of the molecule is CC(C)(C)OC(=O)N1CCC(C(=O)O)(c2ccncc2)CC1. The molecule has 0 bridgehead atoms. The zero-order valence-electron chi connectivity index (χ0n) is 13.2. The van der Waals surface area contributed by atoms with Gasteiger partial charge in [0.05, 0.1) is 5.41 Å². The first-order valence-electron chi connectivity index (χ1n) is 7.36. The number of ether oxygens (including phenoxy) is 1. The molecule has 2 heterocycles. The molecule has 0 spiro atoms. The minimum atomic E-state index is -0.957. The molecule has 0 aromatic carbocycles. The van der Waals surface area contributed by atoms with Crippen LogP contribution in [0, 0.1) is 0 Å². The molecule has 120 valence electrons. The van der Waals surface area contributed by atoms with Crippen LogP contribution >= 0.6 is 0 Å². The van der Waals surface area contributed by atoms with Crippen molar-refractivity contribution in [3.05, 3.63) is 30.1 Å². The Kier molecular flexibility index (Phi) is 4.39. The number of carbonyl (C=O) groups is 2. The van der Waals surface area contributed by atoms with Crippen molar-refractivity contribution in [3.8, 4) is 0 Å². The van der Waals surface area contributed by atoms with Gasteiger partial charge in [-0.3, -0.25) is 9.78 Å². The molecule has 22 heavy (non-hydrogen) atoms. The third kappa shape index (κ3) is 3.37. The Labute approximate surface area is 130 Å². The van der Waals surface area contributed by atoms with E-state index in [1.54, 1.807) is 29.4 Å². The van der Waals surface area contributed by atoms with Crippen LogP contribution in [0.15, 0.2) is 24.5 Å². The van der Waals surface area contributed by atoms with Crippen LogP contribution in [0.1, 0.15) is 39.2 Å². The van der Waals surface area contributed by atoms with E-state index in [1.165, 1.54) is 0 Å². The molecule has 0 atom stereocenters. The van der Waals surface area contributed by atoms with Crippen LogP contribution < -0.4 is 0 Å². The van der Waals surface area contributed by atoms with E-state index < -0.39 is 17.0 Å². The average Bonchev–Trinajstić information content (AvgIpc) is 2.46. The summed E-state index contributed by atoms with van der Waals surface area (Å²) < 4.78 is 5.34. The molecule has 1 fully saturated rings. The lowest BCUT2D eigenvalue weighted by Gasteiger charge is -2.39. The second-order valence-corrected chi connectivity index (χ2v) is 6.59. The molecule has 1 saturated heterocycles. The molecule has 1 aromatic heterocycles. The summed E-state index contributed by atoms with van der Waals surface area (Å²) in [6.07, 6.45) is 3.54. The van der Waals surface area contributed by atoms with Gasteiger partial charge in [0.2, 0.25) is 0 Å². The number of hydrogen-bond donors (Lipinski definition) is 1. The summed E-state index contributed by atoms with van der Waals surface area (Å²) in [6, 6.07) is 3.47. The molecule has 0 saturated carbocycles. The van der Waals surface area contributed by atoms with Gasteiger partial charge >= 0.3 is 12.1 Å². The van der Waals surface area contributed by atoms with Crippen molar-refractivity contribution in [1.29, 1.82) is 0 Å². The highest BCUT2D eigenvalue weighted by Crippen LogP contribution is 2.36. The summed E-state index contributed by atoms with van der Waals surface area (Å²) in [7, 11) is 0. The molecule has 1 aliphatic heterocycles. The quantitative estimate of drug-likeness (QED) is 0.907. The minimum Gasteiger partial charge on any atom is -0.481 e. The van der Waals surface area contributed by atoms with Gasteiger partial charge in [-0.15, -0.1) is 0 Å². The highest BCUT2D eigenvalue weighted by Gasteiger charge is 2.44. The number of carboxylic acid groups (broad SMARTS) is 1. The molecule has 6 nitrogen and oxygen atoms in total. The van der Waals surface area contributed by atoms with E-state index >= 15 is 0 Å². The van der Waals surface area contributed by atoms with E-state index in [0.717, 1.165) is 5.56 Å². The summed E-state index contributed by atoms with van der Waals surface area (Å²) in [4.78, 5) is 29.4. The second-order valence-electron chi connectivity index (χ2n) is 6.59. The molecule has 1 N–H and O–H groups in total. The van der Waals surface area contributed by atoms with Crippen LogP contribution in [0.25, 0.3) is 0 Å². The summed E-state index contributed by atoms with van der Waals surface area (Å²) in [5.74, 6) is -0.859. The largest absolute Gasteiger partial charge is 0.481 e. The number of likely N-dealkylation sites (tertiary alicyclic amines) is 1. The predicted molar refractivity (Wildman–Crippen MR) is 80.6 cm³/mol. The normalized spacial score (nSPS) is 17.9. The average molecular weight is 306 g/mol. The number of carbonyl (C=O) groups excluding carboxylic acids is 1. The van der Waals surface area contributed by atoms with Gasteiger partial charge in [0.25, 0.3) is 0 Å². The maximum absolute atomic E-state index is 12.1. The zero-order valence-corrected chi connectivity index (χ0v) is 13.2. The van der Waals surface area contributed by atoms with Crippen LogP contribution in [0.3, 0.4) is 0 Å². The van der Waals surface area contributed by atoms with Gasteiger partial charge in [-0.1, -0.05) is 0 Å². The number of rotatable bonds is 2. The first kappa shape index (κ1) is 16.3. The second kappa shape index (κ2) is 5.94. The first-order chi connectivity index (χ1) is 10.2. The van der Waals surface area contributed by atoms with E-state index in [9.17, 15) is 14.7 Å². The fourth-order valence-electron chi connectivity index (χ4n) is 2.69. The number of pyridine rings is 1. The first-order valence-corrected chi connectivity index (χ1v) is 7.36. The fraction of sp³-hybridized carbons (Fsp3) is 0.562. The number of carboxylic acids is 1. The van der Waals surface area contributed by atoms with Crippen LogP contribution in [0.4, 0.5) is 4.79 Å². The van der Waals surface area contributed by atoms with Crippen molar-refractivity contribution in [2.24, 2.45) is 0 Å². The van der Waals surface area contributed by atoms with Gasteiger partial charge < -0.3 is 14.7 Å². The molecule has 2 rings (SSSR count). The molecule has 6 heteroatoms. The Bertz CT molecular complexity index is 543. The van der Waals surface area contributed by atoms with Crippen LogP contribution in [0.2, 0.25) is 0 Å². The Balaban J connectivity index is 2.11. The highest BCUT2D eigenvalue weighted by atomic mass is 16.6. The molecule has 1 aromatic rings. The van der Waals surface area contributed by atoms with Crippen molar-refractivity contribution in [1.82, 2.24) is 9.88 Å². The van der Waals surface area contributed by atoms with Gasteiger partial charge in [-0.05, 0) is 51.3 Å². The zero-order chi connectivity index (χ0) is 16.4. The minimum absolute atomic E-state index is 0.365. The standard InChI is InChI=1S/C16H22N2O4/c1-15(2,3)22-14(21)18-10-6-16(7-11-18,13(19)20)12-4-8-17-9-5-12/h4-5,8-9H,6-7,10-11H2,1-3H3,(H,19,20). The van der Waals surface area contributed by atoms with E-state index in [4.69, 9.17) is 4.74 Å². The van der Waals surface area contributed by atoms with Crippen LogP contribution in [-0.2, 0) is 14.9 Å². The Morgan fingerprint density at radius 3 is 2.23 bits per heavy atom. The molecule has 1 aliphatic rings. The van der Waals surface area contributed by atoms with E-state index in [0.29, 0.717) is 25.9 Å². The maximum Gasteiger partial charge on any atom is 0.410 e. The van der Waals surface area contributed by atoms with E-state index in [1.807, 2.05) is 20.8 Å². The van der Waals surface area contributed by atoms with Crippen molar-refractivity contribution >= 4 is 12.1 Å². The lowest BCUT2D eigenvalue weighted by Crippen LogP contribution is -2.50. The Morgan fingerprint density at radius 1 is 1.23 bits per heavy atom. The third-order valence-corrected chi connectivity index (χ3v) is 3.91.